The van der Waals surface area contributed by atoms with Gasteiger partial charge >= 0.3 is 0 Å². The van der Waals surface area contributed by atoms with Gasteiger partial charge in [-0.1, -0.05) is 0 Å². The Labute approximate surface area is 78.9 Å². The highest BCUT2D eigenvalue weighted by atomic mass is 16.3. The first-order valence-electron chi connectivity index (χ1n) is 4.76. The summed E-state index contributed by atoms with van der Waals surface area (Å²) in [5.74, 6) is 0.0680. The molecule has 0 heterocycles. The van der Waals surface area contributed by atoms with Crippen molar-refractivity contribution >= 4 is 5.91 Å². The van der Waals surface area contributed by atoms with Crippen LogP contribution in [-0.2, 0) is 4.79 Å². The van der Waals surface area contributed by atoms with Crippen LogP contribution in [0.3, 0.4) is 0 Å². The van der Waals surface area contributed by atoms with Crippen LogP contribution in [0.4, 0.5) is 0 Å². The minimum Gasteiger partial charge on any atom is -0.395 e. The molecular weight excluding hydrogens is 168 g/mol. The van der Waals surface area contributed by atoms with Crippen LogP contribution < -0.4 is 5.32 Å². The van der Waals surface area contributed by atoms with E-state index in [9.17, 15) is 4.79 Å². The van der Waals surface area contributed by atoms with Gasteiger partial charge in [0.25, 0.3) is 0 Å². The van der Waals surface area contributed by atoms with Crippen molar-refractivity contribution in [3.8, 4) is 0 Å². The van der Waals surface area contributed by atoms with E-state index in [2.05, 4.69) is 5.32 Å². The van der Waals surface area contributed by atoms with Gasteiger partial charge in [-0.2, -0.15) is 0 Å². The number of hydrogen-bond acceptors (Lipinski definition) is 3. The topological polar surface area (TPSA) is 52.6 Å². The van der Waals surface area contributed by atoms with Crippen molar-refractivity contribution in [3.63, 3.8) is 0 Å². The Hall–Kier alpha value is -0.610. The van der Waals surface area contributed by atoms with E-state index in [1.165, 1.54) is 0 Å². The predicted molar refractivity (Wildman–Crippen MR) is 50.3 cm³/mol. The summed E-state index contributed by atoms with van der Waals surface area (Å²) in [6, 6.07) is 0.269. The molecule has 4 heteroatoms. The first-order chi connectivity index (χ1) is 6.15. The molecule has 1 atom stereocenters. The third kappa shape index (κ3) is 3.32. The lowest BCUT2D eigenvalue weighted by Gasteiger charge is -2.22. The van der Waals surface area contributed by atoms with Gasteiger partial charge in [0, 0.05) is 12.6 Å². The van der Waals surface area contributed by atoms with Crippen LogP contribution >= 0.6 is 0 Å². The smallest absolute Gasteiger partial charge is 0.237 e. The third-order valence-electron chi connectivity index (χ3n) is 2.42. The molecule has 0 radical (unpaired) electrons. The molecule has 0 aromatic heterocycles. The van der Waals surface area contributed by atoms with Gasteiger partial charge in [-0.05, 0) is 26.8 Å². The molecular formula is C9H18N2O2. The van der Waals surface area contributed by atoms with Gasteiger partial charge in [0.1, 0.15) is 0 Å². The van der Waals surface area contributed by atoms with Gasteiger partial charge < -0.3 is 10.4 Å². The average Bonchev–Trinajstić information content (AvgIpc) is 2.87. The minimum atomic E-state index is -0.146. The van der Waals surface area contributed by atoms with E-state index in [0.717, 1.165) is 12.8 Å². The zero-order chi connectivity index (χ0) is 9.84. The Bertz CT molecular complexity index is 180. The molecule has 0 spiro atoms. The lowest BCUT2D eigenvalue weighted by Crippen LogP contribution is -2.44. The summed E-state index contributed by atoms with van der Waals surface area (Å²) >= 11 is 0. The SMILES string of the molecule is CC(C(=O)NC1CC1)N(C)CCO. The maximum atomic E-state index is 11.5. The van der Waals surface area contributed by atoms with Gasteiger partial charge in [0.05, 0.1) is 12.6 Å². The first-order valence-corrected chi connectivity index (χ1v) is 4.76. The maximum absolute atomic E-state index is 11.5. The van der Waals surface area contributed by atoms with Crippen LogP contribution in [0.1, 0.15) is 19.8 Å². The molecule has 1 amide bonds. The molecule has 0 aromatic rings. The first kappa shape index (κ1) is 10.5. The molecule has 1 unspecified atom stereocenters. The molecule has 1 aliphatic carbocycles. The Morgan fingerprint density at radius 3 is 2.77 bits per heavy atom. The molecule has 1 rings (SSSR count). The largest absolute Gasteiger partial charge is 0.395 e. The Morgan fingerprint density at radius 2 is 2.31 bits per heavy atom. The number of nitrogens with zero attached hydrogens (tertiary/aromatic N) is 1. The van der Waals surface area contributed by atoms with E-state index in [1.807, 2.05) is 18.9 Å². The van der Waals surface area contributed by atoms with Crippen LogP contribution in [0.2, 0.25) is 0 Å². The van der Waals surface area contributed by atoms with Crippen molar-refractivity contribution in [1.29, 1.82) is 0 Å². The van der Waals surface area contributed by atoms with E-state index in [0.29, 0.717) is 12.6 Å². The molecule has 1 fully saturated rings. The van der Waals surface area contributed by atoms with Crippen LogP contribution in [0.5, 0.6) is 0 Å². The average molecular weight is 186 g/mol. The summed E-state index contributed by atoms with van der Waals surface area (Å²) in [7, 11) is 1.84. The second-order valence-corrected chi connectivity index (χ2v) is 3.66. The number of rotatable bonds is 5. The zero-order valence-electron chi connectivity index (χ0n) is 8.29. The second-order valence-electron chi connectivity index (χ2n) is 3.66. The van der Waals surface area contributed by atoms with Crippen LogP contribution in [0.25, 0.3) is 0 Å². The minimum absolute atomic E-state index is 0.0680. The number of carbonyl (C=O) groups is 1. The van der Waals surface area contributed by atoms with Gasteiger partial charge in [-0.3, -0.25) is 9.69 Å². The summed E-state index contributed by atoms with van der Waals surface area (Å²) in [4.78, 5) is 13.3. The Morgan fingerprint density at radius 1 is 1.69 bits per heavy atom. The molecule has 0 aromatic carbocycles. The van der Waals surface area contributed by atoms with Crippen LogP contribution in [-0.4, -0.2) is 48.2 Å². The van der Waals surface area contributed by atoms with E-state index < -0.39 is 0 Å². The summed E-state index contributed by atoms with van der Waals surface area (Å²) in [5, 5.41) is 11.6. The summed E-state index contributed by atoms with van der Waals surface area (Å²) in [5.41, 5.74) is 0. The van der Waals surface area contributed by atoms with Gasteiger partial charge in [-0.15, -0.1) is 0 Å². The highest BCUT2D eigenvalue weighted by Crippen LogP contribution is 2.18. The van der Waals surface area contributed by atoms with Crippen molar-refractivity contribution in [2.45, 2.75) is 31.8 Å². The molecule has 0 bridgehead atoms. The Balaban J connectivity index is 2.26. The van der Waals surface area contributed by atoms with Crippen molar-refractivity contribution in [2.24, 2.45) is 0 Å². The number of aliphatic hydroxyl groups is 1. The molecule has 13 heavy (non-hydrogen) atoms. The second kappa shape index (κ2) is 4.58. The van der Waals surface area contributed by atoms with Crippen molar-refractivity contribution < 1.29 is 9.90 Å². The molecule has 0 saturated heterocycles. The number of carbonyl (C=O) groups excluding carboxylic acids is 1. The van der Waals surface area contributed by atoms with Crippen molar-refractivity contribution in [1.82, 2.24) is 10.2 Å². The van der Waals surface area contributed by atoms with E-state index in [-0.39, 0.29) is 18.6 Å². The normalized spacial score (nSPS) is 18.8. The molecule has 1 aliphatic rings. The molecule has 76 valence electrons. The van der Waals surface area contributed by atoms with Crippen molar-refractivity contribution in [3.05, 3.63) is 0 Å². The van der Waals surface area contributed by atoms with Gasteiger partial charge in [0.15, 0.2) is 0 Å². The van der Waals surface area contributed by atoms with Crippen molar-refractivity contribution in [2.75, 3.05) is 20.2 Å². The lowest BCUT2D eigenvalue weighted by molar-refractivity contribution is -0.125. The van der Waals surface area contributed by atoms with E-state index in [1.54, 1.807) is 0 Å². The number of aliphatic hydroxyl groups excluding tert-OH is 1. The van der Waals surface area contributed by atoms with Gasteiger partial charge in [-0.25, -0.2) is 0 Å². The fourth-order valence-corrected chi connectivity index (χ4v) is 1.10. The fraction of sp³-hybridized carbons (Fsp3) is 0.889. The summed E-state index contributed by atoms with van der Waals surface area (Å²) in [6.07, 6.45) is 2.23. The molecule has 4 nitrogen and oxygen atoms in total. The molecule has 2 N–H and O–H groups in total. The number of likely N-dealkylation sites (N-methyl/N-ethyl adjacent to an activating group) is 1. The predicted octanol–water partition coefficient (Wildman–Crippen LogP) is -0.422. The number of amides is 1. The summed E-state index contributed by atoms with van der Waals surface area (Å²) in [6.45, 7) is 2.49. The quantitative estimate of drug-likeness (QED) is 0.613. The molecule has 0 aliphatic heterocycles. The monoisotopic (exact) mass is 186 g/mol. The molecule has 1 saturated carbocycles. The number of hydrogen-bond donors (Lipinski definition) is 2. The van der Waals surface area contributed by atoms with Crippen LogP contribution in [0.15, 0.2) is 0 Å². The van der Waals surface area contributed by atoms with E-state index in [4.69, 9.17) is 5.11 Å². The van der Waals surface area contributed by atoms with Gasteiger partial charge in [0.2, 0.25) is 5.91 Å². The zero-order valence-corrected chi connectivity index (χ0v) is 8.29. The standard InChI is InChI=1S/C9H18N2O2/c1-7(11(2)5-6-12)9(13)10-8-3-4-8/h7-8,12H,3-6H2,1-2H3,(H,10,13). The highest BCUT2D eigenvalue weighted by molar-refractivity contribution is 5.81. The van der Waals surface area contributed by atoms with E-state index >= 15 is 0 Å². The fourth-order valence-electron chi connectivity index (χ4n) is 1.10. The lowest BCUT2D eigenvalue weighted by atomic mass is 10.3. The van der Waals surface area contributed by atoms with Crippen LogP contribution in [0, 0.1) is 0 Å². The Kier molecular flexibility index (Phi) is 3.69. The number of nitrogens with one attached hydrogen (secondary N) is 1. The maximum Gasteiger partial charge on any atom is 0.237 e. The highest BCUT2D eigenvalue weighted by Gasteiger charge is 2.26. The third-order valence-corrected chi connectivity index (χ3v) is 2.42. The summed E-state index contributed by atoms with van der Waals surface area (Å²) < 4.78 is 0.